The number of aromatic hydroxyl groups is 1. The number of phenolic OH excluding ortho intramolecular Hbond substituents is 1. The van der Waals surface area contributed by atoms with Gasteiger partial charge in [0.05, 0.1) is 16.6 Å². The standard InChI is InChI=1S/C23H16BrIN2O2/c1-14-4-2-3-5-20(14)27-22(11-6-15-12-16(24)7-10-21(15)28)26-19-9-8-17(25)13-18(19)23(27)29/h2-13,28H,1H3. The average Bonchev–Trinajstić information content (AvgIpc) is 2.70. The molecular formula is C23H16BrIN2O2. The molecule has 4 nitrogen and oxygen atoms in total. The van der Waals surface area contributed by atoms with Crippen molar-refractivity contribution < 1.29 is 5.11 Å². The Morgan fingerprint density at radius 1 is 1.07 bits per heavy atom. The van der Waals surface area contributed by atoms with Crippen molar-refractivity contribution in [1.29, 1.82) is 0 Å². The second-order valence-corrected chi connectivity index (χ2v) is 8.76. The Labute approximate surface area is 189 Å². The predicted molar refractivity (Wildman–Crippen MR) is 130 cm³/mol. The van der Waals surface area contributed by atoms with E-state index in [2.05, 4.69) is 38.5 Å². The summed E-state index contributed by atoms with van der Waals surface area (Å²) < 4.78 is 3.46. The number of fused-ring (bicyclic) bond motifs is 1. The topological polar surface area (TPSA) is 55.1 Å². The van der Waals surface area contributed by atoms with Gasteiger partial charge in [-0.25, -0.2) is 4.98 Å². The average molecular weight is 559 g/mol. The van der Waals surface area contributed by atoms with Gasteiger partial charge in [0.25, 0.3) is 5.56 Å². The summed E-state index contributed by atoms with van der Waals surface area (Å²) in [5.74, 6) is 0.655. The Bertz CT molecular complexity index is 1330. The van der Waals surface area contributed by atoms with Gasteiger partial charge in [-0.1, -0.05) is 34.1 Å². The first kappa shape index (κ1) is 19.8. The maximum atomic E-state index is 13.4. The molecule has 144 valence electrons. The number of para-hydroxylation sites is 1. The van der Waals surface area contributed by atoms with Crippen LogP contribution in [0, 0.1) is 10.5 Å². The summed E-state index contributed by atoms with van der Waals surface area (Å²) in [7, 11) is 0. The SMILES string of the molecule is Cc1ccccc1-n1c(C=Cc2cc(Br)ccc2O)nc2ccc(I)cc2c1=O. The summed E-state index contributed by atoms with van der Waals surface area (Å²) in [6.07, 6.45) is 3.52. The van der Waals surface area contributed by atoms with Crippen molar-refractivity contribution in [3.05, 3.63) is 96.0 Å². The van der Waals surface area contributed by atoms with E-state index in [-0.39, 0.29) is 11.3 Å². The van der Waals surface area contributed by atoms with E-state index in [9.17, 15) is 9.90 Å². The van der Waals surface area contributed by atoms with Gasteiger partial charge < -0.3 is 5.11 Å². The molecule has 0 amide bonds. The summed E-state index contributed by atoms with van der Waals surface area (Å²) in [6.45, 7) is 1.97. The Balaban J connectivity index is 1.99. The van der Waals surface area contributed by atoms with Crippen LogP contribution in [0.4, 0.5) is 0 Å². The van der Waals surface area contributed by atoms with Gasteiger partial charge >= 0.3 is 0 Å². The number of aromatic nitrogens is 2. The molecule has 0 atom stereocenters. The second-order valence-electron chi connectivity index (χ2n) is 6.59. The first-order valence-corrected chi connectivity index (χ1v) is 10.8. The molecule has 0 spiro atoms. The molecule has 0 bridgehead atoms. The quantitative estimate of drug-likeness (QED) is 0.317. The van der Waals surface area contributed by atoms with Gasteiger partial charge in [0.1, 0.15) is 11.6 Å². The van der Waals surface area contributed by atoms with Crippen molar-refractivity contribution in [2.75, 3.05) is 0 Å². The van der Waals surface area contributed by atoms with Crippen molar-refractivity contribution >= 4 is 61.6 Å². The molecule has 0 saturated heterocycles. The maximum absolute atomic E-state index is 13.4. The molecule has 0 unspecified atom stereocenters. The summed E-state index contributed by atoms with van der Waals surface area (Å²) in [6, 6.07) is 18.6. The number of hydrogen-bond acceptors (Lipinski definition) is 3. The first-order chi connectivity index (χ1) is 13.9. The Hall–Kier alpha value is -2.45. The molecule has 1 heterocycles. The third-order valence-electron chi connectivity index (χ3n) is 4.61. The Morgan fingerprint density at radius 2 is 1.86 bits per heavy atom. The lowest BCUT2D eigenvalue weighted by Gasteiger charge is -2.14. The highest BCUT2D eigenvalue weighted by Gasteiger charge is 2.13. The van der Waals surface area contributed by atoms with Crippen molar-refractivity contribution in [3.8, 4) is 11.4 Å². The number of halogens is 2. The maximum Gasteiger partial charge on any atom is 0.266 e. The summed E-state index contributed by atoms with van der Waals surface area (Å²) >= 11 is 5.61. The monoisotopic (exact) mass is 558 g/mol. The van der Waals surface area contributed by atoms with Crippen LogP contribution in [0.3, 0.4) is 0 Å². The molecule has 0 aliphatic heterocycles. The van der Waals surface area contributed by atoms with E-state index in [1.165, 1.54) is 0 Å². The van der Waals surface area contributed by atoms with E-state index in [1.807, 2.05) is 55.5 Å². The summed E-state index contributed by atoms with van der Waals surface area (Å²) in [5, 5.41) is 10.7. The Kier molecular flexibility index (Phi) is 5.56. The van der Waals surface area contributed by atoms with Crippen molar-refractivity contribution in [2.45, 2.75) is 6.92 Å². The zero-order valence-corrected chi connectivity index (χ0v) is 19.2. The zero-order valence-electron chi connectivity index (χ0n) is 15.4. The van der Waals surface area contributed by atoms with Crippen LogP contribution in [0.5, 0.6) is 5.75 Å². The van der Waals surface area contributed by atoms with Gasteiger partial charge in [0.15, 0.2) is 0 Å². The molecule has 0 aliphatic carbocycles. The number of aryl methyl sites for hydroxylation is 1. The highest BCUT2D eigenvalue weighted by atomic mass is 127. The minimum atomic E-state index is -0.124. The predicted octanol–water partition coefficient (Wildman–Crippen LogP) is 5.94. The molecule has 1 N–H and O–H groups in total. The van der Waals surface area contributed by atoms with E-state index < -0.39 is 0 Å². The molecule has 1 aromatic heterocycles. The first-order valence-electron chi connectivity index (χ1n) is 8.89. The van der Waals surface area contributed by atoms with Gasteiger partial charge in [-0.15, -0.1) is 0 Å². The molecule has 4 aromatic rings. The van der Waals surface area contributed by atoms with Gasteiger partial charge in [-0.2, -0.15) is 0 Å². The lowest BCUT2D eigenvalue weighted by Crippen LogP contribution is -2.23. The highest BCUT2D eigenvalue weighted by molar-refractivity contribution is 14.1. The van der Waals surface area contributed by atoms with Crippen LogP contribution < -0.4 is 5.56 Å². The van der Waals surface area contributed by atoms with Crippen LogP contribution in [0.15, 0.2) is 69.9 Å². The van der Waals surface area contributed by atoms with E-state index in [4.69, 9.17) is 4.98 Å². The molecule has 6 heteroatoms. The fourth-order valence-electron chi connectivity index (χ4n) is 3.16. The number of phenols is 1. The minimum Gasteiger partial charge on any atom is -0.507 e. The normalized spacial score (nSPS) is 11.4. The fourth-order valence-corrected chi connectivity index (χ4v) is 4.03. The number of benzene rings is 3. The molecule has 4 rings (SSSR count). The van der Waals surface area contributed by atoms with Crippen LogP contribution in [-0.4, -0.2) is 14.7 Å². The third-order valence-corrected chi connectivity index (χ3v) is 5.78. The van der Waals surface area contributed by atoms with Gasteiger partial charge in [-0.3, -0.25) is 9.36 Å². The molecule has 29 heavy (non-hydrogen) atoms. The van der Waals surface area contributed by atoms with Crippen molar-refractivity contribution in [2.24, 2.45) is 0 Å². The number of rotatable bonds is 3. The fraction of sp³-hybridized carbons (Fsp3) is 0.0435. The van der Waals surface area contributed by atoms with E-state index >= 15 is 0 Å². The van der Waals surface area contributed by atoms with Crippen LogP contribution in [-0.2, 0) is 0 Å². The van der Waals surface area contributed by atoms with Crippen LogP contribution >= 0.6 is 38.5 Å². The van der Waals surface area contributed by atoms with Crippen LogP contribution in [0.1, 0.15) is 17.0 Å². The van der Waals surface area contributed by atoms with Gasteiger partial charge in [0, 0.05) is 13.6 Å². The van der Waals surface area contributed by atoms with Crippen LogP contribution in [0.25, 0.3) is 28.7 Å². The molecular weight excluding hydrogens is 543 g/mol. The van der Waals surface area contributed by atoms with E-state index in [1.54, 1.807) is 28.9 Å². The smallest absolute Gasteiger partial charge is 0.266 e. The molecule has 0 fully saturated rings. The molecule has 3 aromatic carbocycles. The van der Waals surface area contributed by atoms with Gasteiger partial charge in [-0.05, 0) is 89.7 Å². The van der Waals surface area contributed by atoms with Crippen molar-refractivity contribution in [3.63, 3.8) is 0 Å². The van der Waals surface area contributed by atoms with E-state index in [0.717, 1.165) is 19.3 Å². The minimum absolute atomic E-state index is 0.124. The largest absolute Gasteiger partial charge is 0.507 e. The zero-order chi connectivity index (χ0) is 20.5. The number of nitrogens with zero attached hydrogens (tertiary/aromatic N) is 2. The van der Waals surface area contributed by atoms with Crippen LogP contribution in [0.2, 0.25) is 0 Å². The third kappa shape index (κ3) is 4.00. The number of hydrogen-bond donors (Lipinski definition) is 1. The lowest BCUT2D eigenvalue weighted by atomic mass is 10.1. The van der Waals surface area contributed by atoms with E-state index in [0.29, 0.717) is 22.3 Å². The molecule has 0 saturated carbocycles. The Morgan fingerprint density at radius 3 is 2.66 bits per heavy atom. The summed E-state index contributed by atoms with van der Waals surface area (Å²) in [5.41, 5.74) is 2.90. The summed E-state index contributed by atoms with van der Waals surface area (Å²) in [4.78, 5) is 18.2. The lowest BCUT2D eigenvalue weighted by molar-refractivity contribution is 0.474. The second kappa shape index (κ2) is 8.12. The van der Waals surface area contributed by atoms with Crippen molar-refractivity contribution in [1.82, 2.24) is 9.55 Å². The van der Waals surface area contributed by atoms with Gasteiger partial charge in [0.2, 0.25) is 0 Å². The highest BCUT2D eigenvalue weighted by Crippen LogP contribution is 2.25. The molecule has 0 radical (unpaired) electrons. The molecule has 0 aliphatic rings.